The molecule has 6 heteroatoms. The van der Waals surface area contributed by atoms with Gasteiger partial charge in [-0.2, -0.15) is 0 Å². The molecule has 2 unspecified atom stereocenters. The minimum absolute atomic E-state index is 0. The summed E-state index contributed by atoms with van der Waals surface area (Å²) < 4.78 is 13.8. The molecule has 2 atom stereocenters. The van der Waals surface area contributed by atoms with Crippen LogP contribution in [0.5, 0.6) is 0 Å². The second-order valence-electron chi connectivity index (χ2n) is 5.21. The van der Waals surface area contributed by atoms with Gasteiger partial charge in [0.1, 0.15) is 5.82 Å². The standard InChI is InChI=1S/C14H16FIN2O.ClH/c15-9-1-4-12(13(16)7-9)14(19)18-10-2-3-11(18)8-17-6-5-10;/h1,4,7,10-11,17H,2-3,5-6,8H2;1H. The molecule has 20 heavy (non-hydrogen) atoms. The first kappa shape index (κ1) is 16.0. The molecule has 1 amide bonds. The van der Waals surface area contributed by atoms with E-state index in [-0.39, 0.29) is 24.1 Å². The molecular weight excluding hydrogens is 394 g/mol. The van der Waals surface area contributed by atoms with E-state index in [0.29, 0.717) is 21.2 Å². The van der Waals surface area contributed by atoms with Crippen molar-refractivity contribution in [3.8, 4) is 0 Å². The molecule has 2 fully saturated rings. The van der Waals surface area contributed by atoms with Gasteiger partial charge >= 0.3 is 0 Å². The van der Waals surface area contributed by atoms with Crippen LogP contribution in [-0.2, 0) is 0 Å². The van der Waals surface area contributed by atoms with E-state index >= 15 is 0 Å². The number of amides is 1. The maximum atomic E-state index is 13.1. The first-order valence-corrected chi connectivity index (χ1v) is 7.73. The number of hydrogen-bond acceptors (Lipinski definition) is 2. The minimum atomic E-state index is -0.290. The molecule has 2 aliphatic rings. The Morgan fingerprint density at radius 2 is 2.05 bits per heavy atom. The van der Waals surface area contributed by atoms with Gasteiger partial charge in [-0.3, -0.25) is 4.79 Å². The summed E-state index contributed by atoms with van der Waals surface area (Å²) in [6.07, 6.45) is 3.18. The summed E-state index contributed by atoms with van der Waals surface area (Å²) in [5, 5.41) is 3.38. The molecule has 2 heterocycles. The van der Waals surface area contributed by atoms with E-state index in [9.17, 15) is 9.18 Å². The van der Waals surface area contributed by atoms with E-state index < -0.39 is 0 Å². The predicted molar refractivity (Wildman–Crippen MR) is 86.8 cm³/mol. The summed E-state index contributed by atoms with van der Waals surface area (Å²) >= 11 is 2.04. The number of rotatable bonds is 1. The summed E-state index contributed by atoms with van der Waals surface area (Å²) in [6.45, 7) is 1.85. The van der Waals surface area contributed by atoms with E-state index in [4.69, 9.17) is 0 Å². The lowest BCUT2D eigenvalue weighted by Crippen LogP contribution is -2.42. The van der Waals surface area contributed by atoms with E-state index in [1.807, 2.05) is 27.5 Å². The Kier molecular flexibility index (Phi) is 5.25. The molecule has 2 aliphatic heterocycles. The average molecular weight is 411 g/mol. The summed E-state index contributed by atoms with van der Waals surface area (Å²) in [7, 11) is 0. The summed E-state index contributed by atoms with van der Waals surface area (Å²) in [5.74, 6) is -0.234. The Hall–Kier alpha value is -0.400. The third-order valence-corrected chi connectivity index (χ3v) is 4.94. The normalized spacial score (nSPS) is 25.0. The Labute approximate surface area is 137 Å². The van der Waals surface area contributed by atoms with Crippen LogP contribution in [-0.4, -0.2) is 36.0 Å². The lowest BCUT2D eigenvalue weighted by Gasteiger charge is -2.28. The third-order valence-electron chi connectivity index (χ3n) is 4.05. The largest absolute Gasteiger partial charge is 0.331 e. The van der Waals surface area contributed by atoms with Gasteiger partial charge < -0.3 is 10.2 Å². The fourth-order valence-electron chi connectivity index (χ4n) is 3.12. The van der Waals surface area contributed by atoms with Gasteiger partial charge in [-0.1, -0.05) is 0 Å². The van der Waals surface area contributed by atoms with Gasteiger partial charge in [-0.15, -0.1) is 12.4 Å². The van der Waals surface area contributed by atoms with Crippen molar-refractivity contribution < 1.29 is 9.18 Å². The molecule has 0 spiro atoms. The number of halogens is 3. The highest BCUT2D eigenvalue weighted by atomic mass is 127. The molecule has 3 rings (SSSR count). The fraction of sp³-hybridized carbons (Fsp3) is 0.500. The molecule has 2 saturated heterocycles. The molecule has 0 aliphatic carbocycles. The Morgan fingerprint density at radius 1 is 1.30 bits per heavy atom. The van der Waals surface area contributed by atoms with Crippen molar-refractivity contribution in [2.45, 2.75) is 31.3 Å². The van der Waals surface area contributed by atoms with Crippen LogP contribution in [0.4, 0.5) is 4.39 Å². The summed E-state index contributed by atoms with van der Waals surface area (Å²) in [6, 6.07) is 5.03. The van der Waals surface area contributed by atoms with Crippen LogP contribution in [0.2, 0.25) is 0 Å². The molecule has 0 radical (unpaired) electrons. The Balaban J connectivity index is 0.00000147. The van der Waals surface area contributed by atoms with Crippen LogP contribution in [0, 0.1) is 9.39 Å². The maximum Gasteiger partial charge on any atom is 0.255 e. The fourth-order valence-corrected chi connectivity index (χ4v) is 3.82. The maximum absolute atomic E-state index is 13.1. The first-order chi connectivity index (χ1) is 9.16. The van der Waals surface area contributed by atoms with Gasteiger partial charge in [-0.25, -0.2) is 4.39 Å². The SMILES string of the molecule is Cl.O=C(c1ccc(F)cc1I)N1C2CCNCC1CC2. The zero-order valence-electron chi connectivity index (χ0n) is 10.9. The lowest BCUT2D eigenvalue weighted by atomic mass is 10.1. The van der Waals surface area contributed by atoms with E-state index in [0.717, 1.165) is 32.4 Å². The molecule has 0 saturated carbocycles. The first-order valence-electron chi connectivity index (χ1n) is 6.65. The minimum Gasteiger partial charge on any atom is -0.331 e. The number of nitrogens with one attached hydrogen (secondary N) is 1. The van der Waals surface area contributed by atoms with Crippen molar-refractivity contribution in [2.24, 2.45) is 0 Å². The van der Waals surface area contributed by atoms with Crippen LogP contribution in [0.1, 0.15) is 29.6 Å². The van der Waals surface area contributed by atoms with Crippen LogP contribution in [0.3, 0.4) is 0 Å². The van der Waals surface area contributed by atoms with Gasteiger partial charge in [0, 0.05) is 22.2 Å². The zero-order valence-corrected chi connectivity index (χ0v) is 13.9. The van der Waals surface area contributed by atoms with Crippen molar-refractivity contribution in [1.29, 1.82) is 0 Å². The van der Waals surface area contributed by atoms with E-state index in [1.165, 1.54) is 12.1 Å². The third kappa shape index (κ3) is 2.94. The summed E-state index contributed by atoms with van der Waals surface area (Å²) in [4.78, 5) is 14.7. The number of nitrogens with zero attached hydrogens (tertiary/aromatic N) is 1. The van der Waals surface area contributed by atoms with Crippen molar-refractivity contribution >= 4 is 40.9 Å². The second-order valence-corrected chi connectivity index (χ2v) is 6.38. The van der Waals surface area contributed by atoms with Gasteiger partial charge in [0.2, 0.25) is 0 Å². The van der Waals surface area contributed by atoms with Gasteiger partial charge in [0.05, 0.1) is 5.56 Å². The average Bonchev–Trinajstić information content (AvgIpc) is 2.62. The quantitative estimate of drug-likeness (QED) is 0.722. The van der Waals surface area contributed by atoms with E-state index in [2.05, 4.69) is 5.32 Å². The molecule has 3 nitrogen and oxygen atoms in total. The monoisotopic (exact) mass is 410 g/mol. The van der Waals surface area contributed by atoms with Crippen LogP contribution >= 0.6 is 35.0 Å². The molecule has 1 aromatic carbocycles. The lowest BCUT2D eigenvalue weighted by molar-refractivity contribution is 0.0679. The summed E-state index contributed by atoms with van der Waals surface area (Å²) in [5.41, 5.74) is 0.626. The zero-order chi connectivity index (χ0) is 13.4. The predicted octanol–water partition coefficient (Wildman–Crippen LogP) is 2.82. The number of hydrogen-bond donors (Lipinski definition) is 1. The smallest absolute Gasteiger partial charge is 0.255 e. The van der Waals surface area contributed by atoms with E-state index in [1.54, 1.807) is 6.07 Å². The van der Waals surface area contributed by atoms with Gasteiger partial charge in [0.15, 0.2) is 0 Å². The van der Waals surface area contributed by atoms with Gasteiger partial charge in [-0.05, 0) is 66.6 Å². The molecule has 0 aromatic heterocycles. The van der Waals surface area contributed by atoms with Crippen molar-refractivity contribution in [2.75, 3.05) is 13.1 Å². The molecule has 1 aromatic rings. The second kappa shape index (κ2) is 6.58. The molecule has 1 N–H and O–H groups in total. The van der Waals surface area contributed by atoms with Crippen LogP contribution in [0.15, 0.2) is 18.2 Å². The Bertz CT molecular complexity index is 500. The number of carbonyl (C=O) groups is 1. The highest BCUT2D eigenvalue weighted by Crippen LogP contribution is 2.30. The van der Waals surface area contributed by atoms with Crippen molar-refractivity contribution in [3.05, 3.63) is 33.1 Å². The number of carbonyl (C=O) groups excluding carboxylic acids is 1. The highest BCUT2D eigenvalue weighted by molar-refractivity contribution is 14.1. The van der Waals surface area contributed by atoms with Crippen molar-refractivity contribution in [3.63, 3.8) is 0 Å². The number of fused-ring (bicyclic) bond motifs is 2. The van der Waals surface area contributed by atoms with Crippen LogP contribution in [0.25, 0.3) is 0 Å². The van der Waals surface area contributed by atoms with Gasteiger partial charge in [0.25, 0.3) is 5.91 Å². The van der Waals surface area contributed by atoms with Crippen molar-refractivity contribution in [1.82, 2.24) is 10.2 Å². The molecule has 110 valence electrons. The highest BCUT2D eigenvalue weighted by Gasteiger charge is 2.38. The van der Waals surface area contributed by atoms with Crippen LogP contribution < -0.4 is 5.32 Å². The molecular formula is C14H17ClFIN2O. The molecule has 2 bridgehead atoms. The number of benzene rings is 1. The topological polar surface area (TPSA) is 32.3 Å². The Morgan fingerprint density at radius 3 is 2.80 bits per heavy atom.